The fourth-order valence-electron chi connectivity index (χ4n) is 1.27. The van der Waals surface area contributed by atoms with Gasteiger partial charge in [-0.15, -0.1) is 4.98 Å². The molecule has 0 amide bonds. The normalized spacial score (nSPS) is 11.9. The van der Waals surface area contributed by atoms with Gasteiger partial charge >= 0.3 is 12.0 Å². The van der Waals surface area contributed by atoms with E-state index in [-0.39, 0.29) is 23.7 Å². The molecule has 1 heterocycles. The standard InChI is InChI=1S/C14H27N5O2/c1-8-15-11-16-12(18-13(17-11)21-10(2)3)20-9-14(4,5)19(6)7/h10H,8-9H2,1-7H3,(H,15,16,17,18). The molecule has 0 spiro atoms. The molecule has 0 fully saturated rings. The monoisotopic (exact) mass is 297 g/mol. The predicted molar refractivity (Wildman–Crippen MR) is 83.0 cm³/mol. The first-order valence-electron chi connectivity index (χ1n) is 7.21. The third-order valence-electron chi connectivity index (χ3n) is 3.04. The van der Waals surface area contributed by atoms with Crippen molar-refractivity contribution in [2.75, 3.05) is 32.6 Å². The van der Waals surface area contributed by atoms with E-state index >= 15 is 0 Å². The molecule has 0 aliphatic carbocycles. The number of hydrogen-bond donors (Lipinski definition) is 1. The van der Waals surface area contributed by atoms with Crippen LogP contribution >= 0.6 is 0 Å². The molecule has 1 N–H and O–H groups in total. The lowest BCUT2D eigenvalue weighted by molar-refractivity contribution is 0.106. The topological polar surface area (TPSA) is 72.4 Å². The molecule has 1 rings (SSSR count). The number of rotatable bonds is 8. The number of likely N-dealkylation sites (N-methyl/N-ethyl adjacent to an activating group) is 1. The predicted octanol–water partition coefficient (Wildman–Crippen LogP) is 1.81. The molecule has 7 heteroatoms. The number of nitrogens with zero attached hydrogens (tertiary/aromatic N) is 4. The smallest absolute Gasteiger partial charge is 0.324 e. The molecule has 0 atom stereocenters. The summed E-state index contributed by atoms with van der Waals surface area (Å²) in [6.45, 7) is 11.2. The summed E-state index contributed by atoms with van der Waals surface area (Å²) in [5, 5.41) is 3.05. The van der Waals surface area contributed by atoms with Crippen LogP contribution in [0.4, 0.5) is 5.95 Å². The molecule has 7 nitrogen and oxygen atoms in total. The summed E-state index contributed by atoms with van der Waals surface area (Å²) in [6, 6.07) is 0.542. The van der Waals surface area contributed by atoms with Gasteiger partial charge < -0.3 is 19.7 Å². The quantitative estimate of drug-likeness (QED) is 0.784. The lowest BCUT2D eigenvalue weighted by atomic mass is 10.1. The van der Waals surface area contributed by atoms with Crippen LogP contribution in [0.15, 0.2) is 0 Å². The highest BCUT2D eigenvalue weighted by Crippen LogP contribution is 2.17. The molecular formula is C14H27N5O2. The molecule has 0 aliphatic rings. The minimum absolute atomic E-state index is 0.00653. The van der Waals surface area contributed by atoms with Gasteiger partial charge in [-0.3, -0.25) is 0 Å². The van der Waals surface area contributed by atoms with Crippen LogP contribution in [0.25, 0.3) is 0 Å². The maximum Gasteiger partial charge on any atom is 0.324 e. The zero-order valence-electron chi connectivity index (χ0n) is 14.1. The van der Waals surface area contributed by atoms with Gasteiger partial charge in [0.25, 0.3) is 0 Å². The van der Waals surface area contributed by atoms with Gasteiger partial charge in [-0.05, 0) is 48.7 Å². The van der Waals surface area contributed by atoms with Crippen molar-refractivity contribution in [3.63, 3.8) is 0 Å². The number of ether oxygens (including phenoxy) is 2. The summed E-state index contributed by atoms with van der Waals surface area (Å²) in [4.78, 5) is 14.7. The van der Waals surface area contributed by atoms with Gasteiger partial charge in [0, 0.05) is 12.1 Å². The van der Waals surface area contributed by atoms with Gasteiger partial charge in [0.05, 0.1) is 6.10 Å². The maximum atomic E-state index is 5.72. The Balaban J connectivity index is 2.87. The van der Waals surface area contributed by atoms with E-state index in [9.17, 15) is 0 Å². The Morgan fingerprint density at radius 3 is 2.29 bits per heavy atom. The largest absolute Gasteiger partial charge is 0.461 e. The van der Waals surface area contributed by atoms with Crippen molar-refractivity contribution in [1.29, 1.82) is 0 Å². The molecule has 0 saturated heterocycles. The molecule has 0 unspecified atom stereocenters. The van der Waals surface area contributed by atoms with E-state index in [2.05, 4.69) is 39.0 Å². The molecule has 120 valence electrons. The Hall–Kier alpha value is -1.63. The van der Waals surface area contributed by atoms with E-state index in [1.54, 1.807) is 0 Å². The third-order valence-corrected chi connectivity index (χ3v) is 3.04. The Kier molecular flexibility index (Phi) is 6.14. The summed E-state index contributed by atoms with van der Waals surface area (Å²) in [5.41, 5.74) is -0.121. The van der Waals surface area contributed by atoms with Gasteiger partial charge in [0.2, 0.25) is 5.95 Å². The molecule has 21 heavy (non-hydrogen) atoms. The molecular weight excluding hydrogens is 270 g/mol. The lowest BCUT2D eigenvalue weighted by Gasteiger charge is -2.31. The van der Waals surface area contributed by atoms with Crippen LogP contribution in [0.1, 0.15) is 34.6 Å². The van der Waals surface area contributed by atoms with Crippen LogP contribution in [0.3, 0.4) is 0 Å². The van der Waals surface area contributed by atoms with Crippen molar-refractivity contribution in [1.82, 2.24) is 19.9 Å². The minimum atomic E-state index is -0.121. The summed E-state index contributed by atoms with van der Waals surface area (Å²) < 4.78 is 11.2. The maximum absolute atomic E-state index is 5.72. The van der Waals surface area contributed by atoms with E-state index in [0.717, 1.165) is 0 Å². The van der Waals surface area contributed by atoms with Crippen LogP contribution in [-0.4, -0.2) is 58.7 Å². The highest BCUT2D eigenvalue weighted by Gasteiger charge is 2.22. The van der Waals surface area contributed by atoms with Crippen molar-refractivity contribution in [3.8, 4) is 12.0 Å². The van der Waals surface area contributed by atoms with Gasteiger partial charge in [0.1, 0.15) is 6.61 Å². The van der Waals surface area contributed by atoms with Crippen LogP contribution < -0.4 is 14.8 Å². The average Bonchev–Trinajstić information content (AvgIpc) is 2.35. The van der Waals surface area contributed by atoms with Crippen LogP contribution in [-0.2, 0) is 0 Å². The summed E-state index contributed by atoms with van der Waals surface area (Å²) in [6.07, 6.45) is -0.00653. The summed E-state index contributed by atoms with van der Waals surface area (Å²) in [7, 11) is 4.02. The van der Waals surface area contributed by atoms with E-state index in [1.165, 1.54) is 0 Å². The molecule has 1 aromatic heterocycles. The number of aromatic nitrogens is 3. The first-order chi connectivity index (χ1) is 9.74. The molecule has 0 saturated carbocycles. The van der Waals surface area contributed by atoms with E-state index < -0.39 is 0 Å². The summed E-state index contributed by atoms with van der Waals surface area (Å²) in [5.74, 6) is 0.459. The van der Waals surface area contributed by atoms with Crippen LogP contribution in [0.5, 0.6) is 12.0 Å². The number of hydrogen-bond acceptors (Lipinski definition) is 7. The second kappa shape index (κ2) is 7.40. The van der Waals surface area contributed by atoms with Crippen molar-refractivity contribution in [2.24, 2.45) is 0 Å². The van der Waals surface area contributed by atoms with Crippen molar-refractivity contribution in [3.05, 3.63) is 0 Å². The SMILES string of the molecule is CCNc1nc(OCC(C)(C)N(C)C)nc(OC(C)C)n1. The van der Waals surface area contributed by atoms with E-state index in [0.29, 0.717) is 19.1 Å². The Bertz CT molecular complexity index is 449. The Morgan fingerprint density at radius 1 is 1.14 bits per heavy atom. The van der Waals surface area contributed by atoms with Crippen molar-refractivity contribution < 1.29 is 9.47 Å². The van der Waals surface area contributed by atoms with E-state index in [4.69, 9.17) is 9.47 Å². The average molecular weight is 297 g/mol. The fourth-order valence-corrected chi connectivity index (χ4v) is 1.27. The van der Waals surface area contributed by atoms with E-state index in [1.807, 2.05) is 34.9 Å². The van der Waals surface area contributed by atoms with Gasteiger partial charge in [-0.1, -0.05) is 0 Å². The first-order valence-corrected chi connectivity index (χ1v) is 7.21. The zero-order chi connectivity index (χ0) is 16.0. The highest BCUT2D eigenvalue weighted by atomic mass is 16.5. The van der Waals surface area contributed by atoms with Crippen molar-refractivity contribution >= 4 is 5.95 Å². The third kappa shape index (κ3) is 5.71. The molecule has 0 aromatic carbocycles. The lowest BCUT2D eigenvalue weighted by Crippen LogP contribution is -2.43. The summed E-state index contributed by atoms with van der Waals surface area (Å²) >= 11 is 0. The number of anilines is 1. The minimum Gasteiger partial charge on any atom is -0.461 e. The van der Waals surface area contributed by atoms with Gasteiger partial charge in [0.15, 0.2) is 0 Å². The fraction of sp³-hybridized carbons (Fsp3) is 0.786. The van der Waals surface area contributed by atoms with Crippen molar-refractivity contribution in [2.45, 2.75) is 46.3 Å². The van der Waals surface area contributed by atoms with Crippen LogP contribution in [0.2, 0.25) is 0 Å². The van der Waals surface area contributed by atoms with Crippen LogP contribution in [0, 0.1) is 0 Å². The highest BCUT2D eigenvalue weighted by molar-refractivity contribution is 5.27. The molecule has 0 aliphatic heterocycles. The second-order valence-electron chi connectivity index (χ2n) is 5.92. The molecule has 0 bridgehead atoms. The Morgan fingerprint density at radius 2 is 1.76 bits per heavy atom. The number of nitrogens with one attached hydrogen (secondary N) is 1. The molecule has 1 aromatic rings. The van der Waals surface area contributed by atoms with Gasteiger partial charge in [-0.2, -0.15) is 9.97 Å². The van der Waals surface area contributed by atoms with Gasteiger partial charge in [-0.25, -0.2) is 0 Å². The second-order valence-corrected chi connectivity index (χ2v) is 5.92. The zero-order valence-corrected chi connectivity index (χ0v) is 14.1. The Labute approximate surface area is 127 Å². The first kappa shape index (κ1) is 17.4. The molecule has 0 radical (unpaired) electrons.